The van der Waals surface area contributed by atoms with Crippen molar-refractivity contribution in [2.75, 3.05) is 20.3 Å². The predicted octanol–water partition coefficient (Wildman–Crippen LogP) is 4.37. The first kappa shape index (κ1) is 16.4. The van der Waals surface area contributed by atoms with Crippen molar-refractivity contribution in [2.24, 2.45) is 0 Å². The lowest BCUT2D eigenvalue weighted by molar-refractivity contribution is 0.199. The molecule has 2 nitrogen and oxygen atoms in total. The third kappa shape index (κ3) is 5.71. The van der Waals surface area contributed by atoms with Crippen LogP contribution < -0.4 is 5.32 Å². The zero-order valence-corrected chi connectivity index (χ0v) is 13.7. The zero-order valence-electron chi connectivity index (χ0n) is 12.1. The summed E-state index contributed by atoms with van der Waals surface area (Å²) < 4.78 is 5.01. The van der Waals surface area contributed by atoms with E-state index in [4.69, 9.17) is 16.3 Å². The number of halogens is 1. The van der Waals surface area contributed by atoms with Gasteiger partial charge >= 0.3 is 0 Å². The summed E-state index contributed by atoms with van der Waals surface area (Å²) in [6, 6.07) is 16.6. The fraction of sp³-hybridized carbons (Fsp3) is 0.294. The fourth-order valence-corrected chi connectivity index (χ4v) is 3.07. The number of ether oxygens (including phenoxy) is 1. The molecule has 21 heavy (non-hydrogen) atoms. The number of rotatable bonds is 8. The molecule has 0 radical (unpaired) electrons. The molecule has 0 saturated heterocycles. The average molecular weight is 322 g/mol. The van der Waals surface area contributed by atoms with Crippen LogP contribution >= 0.6 is 23.4 Å². The van der Waals surface area contributed by atoms with Crippen molar-refractivity contribution in [2.45, 2.75) is 17.2 Å². The first-order valence-corrected chi connectivity index (χ1v) is 8.31. The average Bonchev–Trinajstić information content (AvgIpc) is 2.52. The monoisotopic (exact) mass is 321 g/mol. The molecule has 112 valence electrons. The molecule has 0 fully saturated rings. The van der Waals surface area contributed by atoms with Crippen molar-refractivity contribution < 1.29 is 4.74 Å². The summed E-state index contributed by atoms with van der Waals surface area (Å²) in [7, 11) is 1.71. The molecule has 1 N–H and O–H groups in total. The Hall–Kier alpha value is -1.00. The van der Waals surface area contributed by atoms with Crippen molar-refractivity contribution in [3.63, 3.8) is 0 Å². The van der Waals surface area contributed by atoms with Gasteiger partial charge in [-0.1, -0.05) is 41.9 Å². The minimum atomic E-state index is 0.742. The number of nitrogens with one attached hydrogen (secondary N) is 1. The molecule has 0 spiro atoms. The van der Waals surface area contributed by atoms with E-state index in [1.165, 1.54) is 16.0 Å². The molecule has 0 heterocycles. The van der Waals surface area contributed by atoms with Gasteiger partial charge in [-0.25, -0.2) is 0 Å². The molecule has 0 atom stereocenters. The Morgan fingerprint density at radius 3 is 2.57 bits per heavy atom. The van der Waals surface area contributed by atoms with E-state index < -0.39 is 0 Å². The van der Waals surface area contributed by atoms with Gasteiger partial charge < -0.3 is 10.1 Å². The molecule has 2 aromatic rings. The van der Waals surface area contributed by atoms with Crippen molar-refractivity contribution in [1.82, 2.24) is 5.32 Å². The zero-order chi connectivity index (χ0) is 14.9. The lowest BCUT2D eigenvalue weighted by Gasteiger charge is -2.07. The van der Waals surface area contributed by atoms with Gasteiger partial charge in [-0.2, -0.15) is 0 Å². The van der Waals surface area contributed by atoms with Crippen LogP contribution in [0.2, 0.25) is 5.02 Å². The van der Waals surface area contributed by atoms with Crippen LogP contribution in [0, 0.1) is 0 Å². The molecular weight excluding hydrogens is 302 g/mol. The van der Waals surface area contributed by atoms with Crippen LogP contribution in [-0.4, -0.2) is 20.3 Å². The number of thioether (sulfide) groups is 1. The Bertz CT molecular complexity index is 545. The normalized spacial score (nSPS) is 10.8. The largest absolute Gasteiger partial charge is 0.383 e. The lowest BCUT2D eigenvalue weighted by atomic mass is 10.2. The summed E-state index contributed by atoms with van der Waals surface area (Å²) in [5, 5.41) is 4.18. The van der Waals surface area contributed by atoms with E-state index in [1.54, 1.807) is 18.9 Å². The Morgan fingerprint density at radius 2 is 1.86 bits per heavy atom. The third-order valence-corrected chi connectivity index (χ3v) is 4.52. The second kappa shape index (κ2) is 9.11. The van der Waals surface area contributed by atoms with Gasteiger partial charge in [0.2, 0.25) is 0 Å². The van der Waals surface area contributed by atoms with E-state index in [0.29, 0.717) is 0 Å². The SMILES string of the molecule is COCCNCc1ccc(SCc2ccccc2Cl)cc1. The van der Waals surface area contributed by atoms with Gasteiger partial charge in [-0.05, 0) is 29.3 Å². The van der Waals surface area contributed by atoms with E-state index in [2.05, 4.69) is 35.6 Å². The second-order valence-corrected chi connectivity index (χ2v) is 6.15. The van der Waals surface area contributed by atoms with E-state index in [9.17, 15) is 0 Å². The summed E-state index contributed by atoms with van der Waals surface area (Å²) in [6.07, 6.45) is 0. The minimum Gasteiger partial charge on any atom is -0.383 e. The van der Waals surface area contributed by atoms with Crippen molar-refractivity contribution in [1.29, 1.82) is 0 Å². The van der Waals surface area contributed by atoms with E-state index in [-0.39, 0.29) is 0 Å². The van der Waals surface area contributed by atoms with Gasteiger partial charge in [0.25, 0.3) is 0 Å². The number of hydrogen-bond donors (Lipinski definition) is 1. The maximum atomic E-state index is 6.17. The quantitative estimate of drug-likeness (QED) is 0.576. The molecule has 0 unspecified atom stereocenters. The highest BCUT2D eigenvalue weighted by Crippen LogP contribution is 2.26. The number of methoxy groups -OCH3 is 1. The number of benzene rings is 2. The van der Waals surface area contributed by atoms with Crippen LogP contribution in [0.25, 0.3) is 0 Å². The molecule has 0 aromatic heterocycles. The summed E-state index contributed by atoms with van der Waals surface area (Å²) in [4.78, 5) is 1.26. The molecule has 4 heteroatoms. The second-order valence-electron chi connectivity index (χ2n) is 4.69. The van der Waals surface area contributed by atoms with Gasteiger partial charge in [-0.15, -0.1) is 11.8 Å². The molecule has 0 bridgehead atoms. The summed E-state index contributed by atoms with van der Waals surface area (Å²) in [6.45, 7) is 2.49. The van der Waals surface area contributed by atoms with Crippen molar-refractivity contribution in [3.05, 3.63) is 64.7 Å². The standard InChI is InChI=1S/C17H20ClNOS/c1-20-11-10-19-12-14-6-8-16(9-7-14)21-13-15-4-2-3-5-17(15)18/h2-9,19H,10-13H2,1H3. The minimum absolute atomic E-state index is 0.742. The smallest absolute Gasteiger partial charge is 0.0587 e. The lowest BCUT2D eigenvalue weighted by Crippen LogP contribution is -2.18. The highest BCUT2D eigenvalue weighted by Gasteiger charge is 2.01. The van der Waals surface area contributed by atoms with Crippen LogP contribution in [-0.2, 0) is 17.0 Å². The molecule has 0 saturated carbocycles. The molecular formula is C17H20ClNOS. The van der Waals surface area contributed by atoms with Gasteiger partial charge in [0.1, 0.15) is 0 Å². The molecule has 0 amide bonds. The Kier molecular flexibility index (Phi) is 7.10. The molecule has 0 aliphatic rings. The molecule has 0 aliphatic heterocycles. The Balaban J connectivity index is 1.81. The maximum Gasteiger partial charge on any atom is 0.0587 e. The molecule has 0 aliphatic carbocycles. The molecule has 2 rings (SSSR count). The molecule has 2 aromatic carbocycles. The topological polar surface area (TPSA) is 21.3 Å². The van der Waals surface area contributed by atoms with Crippen LogP contribution in [0.15, 0.2) is 53.4 Å². The van der Waals surface area contributed by atoms with Crippen molar-refractivity contribution in [3.8, 4) is 0 Å². The highest BCUT2D eigenvalue weighted by atomic mass is 35.5. The first-order valence-electron chi connectivity index (χ1n) is 6.94. The fourth-order valence-electron chi connectivity index (χ4n) is 1.89. The van der Waals surface area contributed by atoms with Crippen LogP contribution in [0.4, 0.5) is 0 Å². The van der Waals surface area contributed by atoms with Gasteiger partial charge in [0.15, 0.2) is 0 Å². The van der Waals surface area contributed by atoms with Gasteiger partial charge in [0, 0.05) is 35.9 Å². The summed E-state index contributed by atoms with van der Waals surface area (Å²) in [5.41, 5.74) is 2.46. The van der Waals surface area contributed by atoms with Gasteiger partial charge in [-0.3, -0.25) is 0 Å². The van der Waals surface area contributed by atoms with E-state index in [0.717, 1.165) is 30.5 Å². The highest BCUT2D eigenvalue weighted by molar-refractivity contribution is 7.98. The van der Waals surface area contributed by atoms with Crippen LogP contribution in [0.5, 0.6) is 0 Å². The summed E-state index contributed by atoms with van der Waals surface area (Å²) >= 11 is 7.97. The Labute approximate surface area is 135 Å². The van der Waals surface area contributed by atoms with Crippen LogP contribution in [0.3, 0.4) is 0 Å². The predicted molar refractivity (Wildman–Crippen MR) is 91.0 cm³/mol. The van der Waals surface area contributed by atoms with Crippen LogP contribution in [0.1, 0.15) is 11.1 Å². The first-order chi connectivity index (χ1) is 10.3. The van der Waals surface area contributed by atoms with Gasteiger partial charge in [0.05, 0.1) is 6.61 Å². The summed E-state index contributed by atoms with van der Waals surface area (Å²) in [5.74, 6) is 0.894. The number of hydrogen-bond acceptors (Lipinski definition) is 3. The van der Waals surface area contributed by atoms with E-state index in [1.807, 2.05) is 18.2 Å². The van der Waals surface area contributed by atoms with E-state index >= 15 is 0 Å². The Morgan fingerprint density at radius 1 is 1.10 bits per heavy atom. The maximum absolute atomic E-state index is 6.17. The third-order valence-electron chi connectivity index (χ3n) is 3.09. The van der Waals surface area contributed by atoms with Crippen molar-refractivity contribution >= 4 is 23.4 Å².